The van der Waals surface area contributed by atoms with Crippen LogP contribution in [0.5, 0.6) is 0 Å². The Morgan fingerprint density at radius 3 is 2.50 bits per heavy atom. The highest BCUT2D eigenvalue weighted by Gasteiger charge is 2.39. The third-order valence-corrected chi connectivity index (χ3v) is 4.94. The topological polar surface area (TPSA) is 41.3 Å². The van der Waals surface area contributed by atoms with Crippen LogP contribution in [0.1, 0.15) is 18.4 Å². The molecule has 3 atom stereocenters. The van der Waals surface area contributed by atoms with Crippen molar-refractivity contribution in [1.29, 1.82) is 0 Å². The molecule has 0 radical (unpaired) electrons. The van der Waals surface area contributed by atoms with E-state index in [1.807, 2.05) is 12.4 Å². The number of benzene rings is 1. The number of hydrogen-bond donors (Lipinski definition) is 1. The Hall–Kier alpha value is -1.72. The van der Waals surface area contributed by atoms with Crippen molar-refractivity contribution in [3.8, 4) is 5.69 Å². The van der Waals surface area contributed by atoms with Gasteiger partial charge in [0, 0.05) is 31.4 Å². The SMILES string of the molecule is OC1C[C@@H]2CN(Cc3cnn(-c4ccc(F)cc4)c3)C[C@@H]2C1. The number of fused-ring (bicyclic) bond motifs is 1. The molecule has 5 heteroatoms. The highest BCUT2D eigenvalue weighted by atomic mass is 19.1. The molecule has 2 fully saturated rings. The third kappa shape index (κ3) is 2.66. The van der Waals surface area contributed by atoms with Crippen LogP contribution in [0.4, 0.5) is 4.39 Å². The van der Waals surface area contributed by atoms with Gasteiger partial charge >= 0.3 is 0 Å². The predicted octanol–water partition coefficient (Wildman–Crippen LogP) is 2.21. The third-order valence-electron chi connectivity index (χ3n) is 4.94. The summed E-state index contributed by atoms with van der Waals surface area (Å²) in [6.45, 7) is 3.04. The summed E-state index contributed by atoms with van der Waals surface area (Å²) in [4.78, 5) is 2.45. The lowest BCUT2D eigenvalue weighted by atomic mass is 10.0. The first kappa shape index (κ1) is 13.9. The second kappa shape index (κ2) is 5.48. The molecule has 1 unspecified atom stereocenters. The number of halogens is 1. The van der Waals surface area contributed by atoms with Gasteiger partial charge in [-0.1, -0.05) is 0 Å². The number of hydrogen-bond acceptors (Lipinski definition) is 3. The van der Waals surface area contributed by atoms with Crippen LogP contribution in [-0.4, -0.2) is 39.0 Å². The minimum atomic E-state index is -0.234. The van der Waals surface area contributed by atoms with Gasteiger partial charge in [-0.05, 0) is 48.9 Å². The van der Waals surface area contributed by atoms with E-state index in [4.69, 9.17) is 0 Å². The zero-order valence-corrected chi connectivity index (χ0v) is 12.4. The van der Waals surface area contributed by atoms with Crippen molar-refractivity contribution in [2.75, 3.05) is 13.1 Å². The number of likely N-dealkylation sites (tertiary alicyclic amines) is 1. The van der Waals surface area contributed by atoms with E-state index in [1.165, 1.54) is 17.7 Å². The lowest BCUT2D eigenvalue weighted by Crippen LogP contribution is -2.22. The van der Waals surface area contributed by atoms with E-state index in [0.29, 0.717) is 11.8 Å². The molecular weight excluding hydrogens is 281 g/mol. The van der Waals surface area contributed by atoms with Crippen molar-refractivity contribution in [2.24, 2.45) is 11.8 Å². The van der Waals surface area contributed by atoms with Gasteiger partial charge in [-0.15, -0.1) is 0 Å². The minimum Gasteiger partial charge on any atom is -0.393 e. The average molecular weight is 301 g/mol. The number of nitrogens with zero attached hydrogens (tertiary/aromatic N) is 3. The maximum atomic E-state index is 13.0. The number of aliphatic hydroxyl groups excluding tert-OH is 1. The second-order valence-corrected chi connectivity index (χ2v) is 6.61. The molecule has 1 aliphatic carbocycles. The molecule has 0 amide bonds. The van der Waals surface area contributed by atoms with E-state index in [-0.39, 0.29) is 11.9 Å². The van der Waals surface area contributed by atoms with Crippen LogP contribution in [0.25, 0.3) is 5.69 Å². The zero-order valence-electron chi connectivity index (χ0n) is 12.4. The maximum Gasteiger partial charge on any atom is 0.123 e. The largest absolute Gasteiger partial charge is 0.393 e. The Morgan fingerprint density at radius 2 is 1.82 bits per heavy atom. The lowest BCUT2D eigenvalue weighted by molar-refractivity contribution is 0.161. The molecule has 4 rings (SSSR count). The van der Waals surface area contributed by atoms with Crippen molar-refractivity contribution >= 4 is 0 Å². The molecule has 4 nitrogen and oxygen atoms in total. The second-order valence-electron chi connectivity index (χ2n) is 6.61. The van der Waals surface area contributed by atoms with Gasteiger partial charge in [0.25, 0.3) is 0 Å². The smallest absolute Gasteiger partial charge is 0.123 e. The van der Waals surface area contributed by atoms with Crippen LogP contribution >= 0.6 is 0 Å². The van der Waals surface area contributed by atoms with Crippen molar-refractivity contribution in [3.63, 3.8) is 0 Å². The molecule has 1 aromatic carbocycles. The monoisotopic (exact) mass is 301 g/mol. The normalized spacial score (nSPS) is 28.2. The Labute approximate surface area is 129 Å². The molecule has 2 aromatic rings. The predicted molar refractivity (Wildman–Crippen MR) is 81.0 cm³/mol. The van der Waals surface area contributed by atoms with Gasteiger partial charge in [0.1, 0.15) is 5.82 Å². The average Bonchev–Trinajstić information content (AvgIpc) is 3.15. The highest BCUT2D eigenvalue weighted by Crippen LogP contribution is 2.38. The summed E-state index contributed by atoms with van der Waals surface area (Å²) in [5.74, 6) is 1.08. The molecular formula is C17H20FN3O. The van der Waals surface area contributed by atoms with Gasteiger partial charge in [0.15, 0.2) is 0 Å². The van der Waals surface area contributed by atoms with Gasteiger partial charge in [0.05, 0.1) is 18.0 Å². The van der Waals surface area contributed by atoms with Crippen LogP contribution in [0, 0.1) is 17.7 Å². The molecule has 0 bridgehead atoms. The van der Waals surface area contributed by atoms with E-state index in [2.05, 4.69) is 10.00 Å². The van der Waals surface area contributed by atoms with Gasteiger partial charge in [-0.3, -0.25) is 4.90 Å². The maximum absolute atomic E-state index is 13.0. The van der Waals surface area contributed by atoms with Crippen molar-refractivity contribution < 1.29 is 9.50 Å². The van der Waals surface area contributed by atoms with Crippen molar-refractivity contribution in [3.05, 3.63) is 48.0 Å². The zero-order chi connectivity index (χ0) is 15.1. The van der Waals surface area contributed by atoms with Gasteiger partial charge in [-0.2, -0.15) is 5.10 Å². The Kier molecular flexibility index (Phi) is 3.47. The highest BCUT2D eigenvalue weighted by molar-refractivity contribution is 5.31. The van der Waals surface area contributed by atoms with E-state index in [0.717, 1.165) is 38.2 Å². The molecule has 2 heterocycles. The summed E-state index contributed by atoms with van der Waals surface area (Å²) in [7, 11) is 0. The molecule has 116 valence electrons. The van der Waals surface area contributed by atoms with Crippen LogP contribution in [0.2, 0.25) is 0 Å². The molecule has 1 aromatic heterocycles. The molecule has 1 saturated carbocycles. The minimum absolute atomic E-state index is 0.0848. The van der Waals surface area contributed by atoms with Crippen LogP contribution in [0.15, 0.2) is 36.7 Å². The number of aromatic nitrogens is 2. The standard InChI is InChI=1S/C17H20FN3O/c18-15-1-3-16(4-2-15)21-9-12(7-19-21)8-20-10-13-5-17(22)6-14(13)11-20/h1-4,7,9,13-14,17,22H,5-6,8,10-11H2/t13-,14+,17?. The van der Waals surface area contributed by atoms with Crippen molar-refractivity contribution in [1.82, 2.24) is 14.7 Å². The Bertz CT molecular complexity index is 640. The fourth-order valence-corrected chi connectivity index (χ4v) is 3.93. The summed E-state index contributed by atoms with van der Waals surface area (Å²) in [5, 5.41) is 14.1. The van der Waals surface area contributed by atoms with Crippen LogP contribution in [0.3, 0.4) is 0 Å². The summed E-state index contributed by atoms with van der Waals surface area (Å²) in [6, 6.07) is 6.36. The van der Waals surface area contributed by atoms with Crippen molar-refractivity contribution in [2.45, 2.75) is 25.5 Å². The van der Waals surface area contributed by atoms with Gasteiger partial charge < -0.3 is 5.11 Å². The lowest BCUT2D eigenvalue weighted by Gasteiger charge is -2.16. The first-order valence-corrected chi connectivity index (χ1v) is 7.87. The number of aliphatic hydroxyl groups is 1. The van der Waals surface area contributed by atoms with E-state index >= 15 is 0 Å². The fraction of sp³-hybridized carbons (Fsp3) is 0.471. The summed E-state index contributed by atoms with van der Waals surface area (Å²) in [5.41, 5.74) is 2.04. The molecule has 1 N–H and O–H groups in total. The van der Waals surface area contributed by atoms with Gasteiger partial charge in [0.2, 0.25) is 0 Å². The Balaban J connectivity index is 1.41. The number of rotatable bonds is 3. The summed E-state index contributed by atoms with van der Waals surface area (Å²) >= 11 is 0. The first-order valence-electron chi connectivity index (χ1n) is 7.87. The van der Waals surface area contributed by atoms with Crippen LogP contribution < -0.4 is 0 Å². The first-order chi connectivity index (χ1) is 10.7. The summed E-state index contributed by atoms with van der Waals surface area (Å²) < 4.78 is 14.8. The molecule has 1 saturated heterocycles. The van der Waals surface area contributed by atoms with Gasteiger partial charge in [-0.25, -0.2) is 9.07 Å². The fourth-order valence-electron chi connectivity index (χ4n) is 3.93. The quantitative estimate of drug-likeness (QED) is 0.945. The molecule has 2 aliphatic rings. The van der Waals surface area contributed by atoms with Crippen LogP contribution in [-0.2, 0) is 6.54 Å². The molecule has 22 heavy (non-hydrogen) atoms. The van der Waals surface area contributed by atoms with E-state index in [1.54, 1.807) is 16.8 Å². The molecule has 0 spiro atoms. The van der Waals surface area contributed by atoms with E-state index < -0.39 is 0 Å². The van der Waals surface area contributed by atoms with E-state index in [9.17, 15) is 9.50 Å². The Morgan fingerprint density at radius 1 is 1.14 bits per heavy atom. The summed E-state index contributed by atoms with van der Waals surface area (Å²) in [6.07, 6.45) is 5.72. The molecule has 1 aliphatic heterocycles.